The van der Waals surface area contributed by atoms with Crippen molar-refractivity contribution in [3.05, 3.63) is 34.3 Å². The number of hydrogen-bond acceptors (Lipinski definition) is 0. The molecule has 0 bridgehead atoms. The van der Waals surface area contributed by atoms with Crippen LogP contribution in [0.25, 0.3) is 0 Å². The number of benzene rings is 1. The highest BCUT2D eigenvalue weighted by molar-refractivity contribution is 9.10. The molecule has 0 N–H and O–H groups in total. The van der Waals surface area contributed by atoms with Gasteiger partial charge in [-0.25, -0.2) is 0 Å². The maximum atomic E-state index is 3.66. The van der Waals surface area contributed by atoms with Crippen LogP contribution in [0.1, 0.15) is 5.56 Å². The molecule has 1 atom stereocenters. The zero-order valence-corrected chi connectivity index (χ0v) is 14.4. The van der Waals surface area contributed by atoms with Gasteiger partial charge in [-0.2, -0.15) is 0 Å². The van der Waals surface area contributed by atoms with Crippen LogP contribution in [0.3, 0.4) is 0 Å². The van der Waals surface area contributed by atoms with Crippen LogP contribution in [-0.2, 0) is 6.42 Å². The molecule has 1 aromatic rings. The van der Waals surface area contributed by atoms with Crippen molar-refractivity contribution >= 4 is 39.9 Å². The molecule has 0 saturated heterocycles. The summed E-state index contributed by atoms with van der Waals surface area (Å²) in [7, 11) is -0.958. The Morgan fingerprint density at radius 1 is 1.19 bits per heavy atom. The monoisotopic (exact) mass is 362 g/mol. The van der Waals surface area contributed by atoms with Gasteiger partial charge >= 0.3 is 0 Å². The van der Waals surface area contributed by atoms with Gasteiger partial charge in [-0.15, -0.1) is 0 Å². The molecule has 3 heteroatoms. The minimum Gasteiger partial charge on any atom is -0.0925 e. The van der Waals surface area contributed by atoms with E-state index in [2.05, 4.69) is 75.8 Å². The molecule has 0 nitrogen and oxygen atoms in total. The quantitative estimate of drug-likeness (QED) is 0.489. The van der Waals surface area contributed by atoms with Gasteiger partial charge in [-0.3, -0.25) is 0 Å². The van der Waals surface area contributed by atoms with Crippen LogP contribution in [0.4, 0.5) is 0 Å². The highest BCUT2D eigenvalue weighted by atomic mass is 79.9. The van der Waals surface area contributed by atoms with Crippen molar-refractivity contribution in [2.75, 3.05) is 5.33 Å². The van der Waals surface area contributed by atoms with E-state index in [-0.39, 0.29) is 0 Å². The molecule has 0 aromatic heterocycles. The van der Waals surface area contributed by atoms with Crippen LogP contribution in [0, 0.1) is 5.92 Å². The number of halogens is 2. The molecule has 0 spiro atoms. The molecule has 0 aliphatic rings. The molecule has 0 fully saturated rings. The van der Waals surface area contributed by atoms with E-state index >= 15 is 0 Å². The minimum atomic E-state index is -0.958. The Kier molecular flexibility index (Phi) is 5.75. The normalized spacial score (nSPS) is 13.8. The molecular weight excluding hydrogens is 344 g/mol. The summed E-state index contributed by atoms with van der Waals surface area (Å²) in [6, 6.07) is 9.95. The Hall–Kier alpha value is 0.397. The van der Waals surface area contributed by atoms with E-state index < -0.39 is 8.07 Å². The highest BCUT2D eigenvalue weighted by Crippen LogP contribution is 2.26. The lowest BCUT2D eigenvalue weighted by molar-refractivity contribution is 0.650. The summed E-state index contributed by atoms with van der Waals surface area (Å²) in [5.74, 6) is 0.769. The summed E-state index contributed by atoms with van der Waals surface area (Å²) >= 11 is 7.29. The molecule has 16 heavy (non-hydrogen) atoms. The Bertz CT molecular complexity index is 331. The van der Waals surface area contributed by atoms with Crippen LogP contribution >= 0.6 is 31.9 Å². The molecular formula is C13H20Br2Si. The standard InChI is InChI=1S/C13H20Br2Si/c1-16(2,3)10-11(9-14)8-12-6-4-5-7-13(12)15/h4-7,11H,8-10H2,1-3H3. The maximum Gasteiger partial charge on any atom is 0.0445 e. The second-order valence-electron chi connectivity index (χ2n) is 5.58. The van der Waals surface area contributed by atoms with E-state index in [1.165, 1.54) is 22.5 Å². The predicted molar refractivity (Wildman–Crippen MR) is 83.3 cm³/mol. The van der Waals surface area contributed by atoms with Crippen molar-refractivity contribution < 1.29 is 0 Å². The summed E-state index contributed by atoms with van der Waals surface area (Å²) in [6.45, 7) is 7.34. The molecule has 0 aliphatic carbocycles. The SMILES string of the molecule is C[Si](C)(C)CC(CBr)Cc1ccccc1Br. The largest absolute Gasteiger partial charge is 0.0925 e. The first kappa shape index (κ1) is 14.5. The third kappa shape index (κ3) is 5.15. The fourth-order valence-electron chi connectivity index (χ4n) is 2.02. The van der Waals surface area contributed by atoms with Gasteiger partial charge in [0.2, 0.25) is 0 Å². The van der Waals surface area contributed by atoms with Crippen molar-refractivity contribution in [2.45, 2.75) is 32.1 Å². The topological polar surface area (TPSA) is 0 Å². The van der Waals surface area contributed by atoms with Crippen LogP contribution in [-0.4, -0.2) is 13.4 Å². The summed E-state index contributed by atoms with van der Waals surface area (Å²) in [5, 5.41) is 1.11. The minimum absolute atomic E-state index is 0.769. The van der Waals surface area contributed by atoms with Crippen molar-refractivity contribution in [3.63, 3.8) is 0 Å². The maximum absolute atomic E-state index is 3.66. The third-order valence-electron chi connectivity index (χ3n) is 2.59. The average Bonchev–Trinajstić information content (AvgIpc) is 2.18. The lowest BCUT2D eigenvalue weighted by Gasteiger charge is -2.23. The van der Waals surface area contributed by atoms with E-state index in [1.807, 2.05) is 0 Å². The van der Waals surface area contributed by atoms with Crippen molar-refractivity contribution in [3.8, 4) is 0 Å². The highest BCUT2D eigenvalue weighted by Gasteiger charge is 2.20. The van der Waals surface area contributed by atoms with Crippen LogP contribution in [0.5, 0.6) is 0 Å². The van der Waals surface area contributed by atoms with Gasteiger partial charge in [0.25, 0.3) is 0 Å². The zero-order chi connectivity index (χ0) is 12.2. The Morgan fingerprint density at radius 3 is 2.31 bits per heavy atom. The van der Waals surface area contributed by atoms with Gasteiger partial charge in [-0.1, -0.05) is 75.7 Å². The predicted octanol–water partition coefficient (Wildman–Crippen LogP) is 5.34. The first-order valence-electron chi connectivity index (χ1n) is 5.72. The molecule has 90 valence electrons. The molecule has 0 radical (unpaired) electrons. The van der Waals surface area contributed by atoms with E-state index in [4.69, 9.17) is 0 Å². The first-order chi connectivity index (χ1) is 7.42. The summed E-state index contributed by atoms with van der Waals surface area (Å²) in [4.78, 5) is 0. The molecule has 0 heterocycles. The van der Waals surface area contributed by atoms with Crippen molar-refractivity contribution in [1.82, 2.24) is 0 Å². The van der Waals surface area contributed by atoms with E-state index in [9.17, 15) is 0 Å². The van der Waals surface area contributed by atoms with Gasteiger partial charge in [0.05, 0.1) is 0 Å². The molecule has 1 aromatic carbocycles. The Labute approximate surface area is 117 Å². The lowest BCUT2D eigenvalue weighted by atomic mass is 10.0. The van der Waals surface area contributed by atoms with Crippen molar-refractivity contribution in [1.29, 1.82) is 0 Å². The second-order valence-corrected chi connectivity index (χ2v) is 12.6. The van der Waals surface area contributed by atoms with Gasteiger partial charge in [0.15, 0.2) is 0 Å². The fourth-order valence-corrected chi connectivity index (χ4v) is 5.37. The van der Waals surface area contributed by atoms with Crippen molar-refractivity contribution in [2.24, 2.45) is 5.92 Å². The number of rotatable bonds is 5. The summed E-state index contributed by atoms with van der Waals surface area (Å²) in [5.41, 5.74) is 1.44. The smallest absolute Gasteiger partial charge is 0.0445 e. The molecule has 1 rings (SSSR count). The van der Waals surface area contributed by atoms with Gasteiger partial charge < -0.3 is 0 Å². The summed E-state index contributed by atoms with van der Waals surface area (Å²) < 4.78 is 1.25. The van der Waals surface area contributed by atoms with Crippen LogP contribution in [0.2, 0.25) is 25.7 Å². The third-order valence-corrected chi connectivity index (χ3v) is 6.08. The van der Waals surface area contributed by atoms with E-state index in [0.717, 1.165) is 11.2 Å². The molecule has 0 amide bonds. The molecule has 0 aliphatic heterocycles. The lowest BCUT2D eigenvalue weighted by Crippen LogP contribution is -2.25. The second kappa shape index (κ2) is 6.36. The van der Waals surface area contributed by atoms with Gasteiger partial charge in [-0.05, 0) is 24.0 Å². The van der Waals surface area contributed by atoms with Crippen LogP contribution < -0.4 is 0 Å². The zero-order valence-electron chi connectivity index (χ0n) is 10.3. The van der Waals surface area contributed by atoms with Crippen LogP contribution in [0.15, 0.2) is 28.7 Å². The van der Waals surface area contributed by atoms with Gasteiger partial charge in [0.1, 0.15) is 0 Å². The average molecular weight is 364 g/mol. The van der Waals surface area contributed by atoms with E-state index in [1.54, 1.807) is 0 Å². The van der Waals surface area contributed by atoms with E-state index in [0.29, 0.717) is 0 Å². The summed E-state index contributed by atoms with van der Waals surface area (Å²) in [6.07, 6.45) is 1.18. The molecule has 1 unspecified atom stereocenters. The fraction of sp³-hybridized carbons (Fsp3) is 0.538. The van der Waals surface area contributed by atoms with Gasteiger partial charge in [0, 0.05) is 17.9 Å². The number of hydrogen-bond donors (Lipinski definition) is 0. The Morgan fingerprint density at radius 2 is 1.81 bits per heavy atom. The number of alkyl halides is 1. The Balaban J connectivity index is 2.67. The molecule has 0 saturated carbocycles. The first-order valence-corrected chi connectivity index (χ1v) is 11.3.